The van der Waals surface area contributed by atoms with E-state index in [1.54, 1.807) is 11.8 Å². The lowest BCUT2D eigenvalue weighted by Gasteiger charge is -2.16. The van der Waals surface area contributed by atoms with Crippen LogP contribution in [0.3, 0.4) is 0 Å². The lowest BCUT2D eigenvalue weighted by atomic mass is 10.0. The summed E-state index contributed by atoms with van der Waals surface area (Å²) in [5.41, 5.74) is 2.03. The standard InChI is InChI=1S/C21H26N4O2S/c1-21(9-10-21)25-20(26)27-17-6-3-14(11-17)15-12-22-19(23-13-15)24-16-4-7-18(28-2)8-5-16/h4-5,7-8,12-14,17H,3,6,9-11H2,1-2H3,(H,25,26)(H,22,23,24). The molecule has 2 aliphatic rings. The Bertz CT molecular complexity index is 821. The van der Waals surface area contributed by atoms with Crippen molar-refractivity contribution in [1.29, 1.82) is 0 Å². The Labute approximate surface area is 169 Å². The molecule has 28 heavy (non-hydrogen) atoms. The van der Waals surface area contributed by atoms with E-state index in [1.807, 2.05) is 24.5 Å². The van der Waals surface area contributed by atoms with Gasteiger partial charge in [0.1, 0.15) is 6.10 Å². The minimum atomic E-state index is -0.283. The molecular weight excluding hydrogens is 372 g/mol. The molecule has 0 aliphatic heterocycles. The van der Waals surface area contributed by atoms with Crippen LogP contribution in [0.25, 0.3) is 0 Å². The van der Waals surface area contributed by atoms with Crippen LogP contribution in [0.15, 0.2) is 41.6 Å². The van der Waals surface area contributed by atoms with Crippen LogP contribution in [0.5, 0.6) is 0 Å². The van der Waals surface area contributed by atoms with Crippen LogP contribution in [-0.4, -0.2) is 34.0 Å². The van der Waals surface area contributed by atoms with Gasteiger partial charge in [-0.2, -0.15) is 0 Å². The van der Waals surface area contributed by atoms with Gasteiger partial charge in [0.05, 0.1) is 0 Å². The van der Waals surface area contributed by atoms with Gasteiger partial charge in [0.2, 0.25) is 5.95 Å². The van der Waals surface area contributed by atoms with E-state index >= 15 is 0 Å². The fourth-order valence-electron chi connectivity index (χ4n) is 3.51. The predicted octanol–water partition coefficient (Wildman–Crippen LogP) is 4.86. The second kappa shape index (κ2) is 7.99. The van der Waals surface area contributed by atoms with Crippen molar-refractivity contribution < 1.29 is 9.53 Å². The van der Waals surface area contributed by atoms with Crippen molar-refractivity contribution in [1.82, 2.24) is 15.3 Å². The number of rotatable bonds is 6. The van der Waals surface area contributed by atoms with E-state index in [1.165, 1.54) is 4.90 Å². The van der Waals surface area contributed by atoms with Crippen LogP contribution >= 0.6 is 11.8 Å². The molecule has 0 bridgehead atoms. The number of ether oxygens (including phenoxy) is 1. The number of aromatic nitrogens is 2. The van der Waals surface area contributed by atoms with Crippen LogP contribution in [0.1, 0.15) is 50.5 Å². The van der Waals surface area contributed by atoms with Crippen LogP contribution in [0.2, 0.25) is 0 Å². The third-order valence-electron chi connectivity index (χ3n) is 5.55. The van der Waals surface area contributed by atoms with Crippen LogP contribution < -0.4 is 10.6 Å². The molecule has 2 atom stereocenters. The minimum Gasteiger partial charge on any atom is -0.446 e. The number of thioether (sulfide) groups is 1. The topological polar surface area (TPSA) is 76.1 Å². The van der Waals surface area contributed by atoms with E-state index in [4.69, 9.17) is 4.74 Å². The summed E-state index contributed by atoms with van der Waals surface area (Å²) in [5, 5.41) is 6.18. The quantitative estimate of drug-likeness (QED) is 0.677. The summed E-state index contributed by atoms with van der Waals surface area (Å²) in [5.74, 6) is 0.924. The Morgan fingerprint density at radius 1 is 1.18 bits per heavy atom. The Morgan fingerprint density at radius 2 is 1.89 bits per heavy atom. The molecule has 2 aromatic rings. The molecule has 2 saturated carbocycles. The van der Waals surface area contributed by atoms with Crippen molar-refractivity contribution in [3.63, 3.8) is 0 Å². The average molecular weight is 399 g/mol. The number of nitrogens with one attached hydrogen (secondary N) is 2. The molecule has 0 saturated heterocycles. The van der Waals surface area contributed by atoms with Crippen molar-refractivity contribution >= 4 is 29.5 Å². The monoisotopic (exact) mass is 398 g/mol. The zero-order valence-corrected chi connectivity index (χ0v) is 17.1. The third kappa shape index (κ3) is 4.76. The second-order valence-corrected chi connectivity index (χ2v) is 8.80. The fraction of sp³-hybridized carbons (Fsp3) is 0.476. The summed E-state index contributed by atoms with van der Waals surface area (Å²) >= 11 is 1.71. The largest absolute Gasteiger partial charge is 0.446 e. The first-order valence-corrected chi connectivity index (χ1v) is 11.0. The molecular formula is C21H26N4O2S. The van der Waals surface area contributed by atoms with E-state index < -0.39 is 0 Å². The zero-order chi connectivity index (χ0) is 19.6. The predicted molar refractivity (Wildman–Crippen MR) is 111 cm³/mol. The van der Waals surface area contributed by atoms with Crippen molar-refractivity contribution in [2.45, 2.75) is 61.5 Å². The number of hydrogen-bond acceptors (Lipinski definition) is 6. The maximum Gasteiger partial charge on any atom is 0.407 e. The van der Waals surface area contributed by atoms with Crippen molar-refractivity contribution in [2.24, 2.45) is 0 Å². The Morgan fingerprint density at radius 3 is 2.54 bits per heavy atom. The fourth-order valence-corrected chi connectivity index (χ4v) is 3.91. The van der Waals surface area contributed by atoms with Gasteiger partial charge in [-0.1, -0.05) is 0 Å². The molecule has 1 heterocycles. The van der Waals surface area contributed by atoms with Gasteiger partial charge < -0.3 is 15.4 Å². The Kier molecular flexibility index (Phi) is 5.44. The van der Waals surface area contributed by atoms with Gasteiger partial charge in [-0.25, -0.2) is 14.8 Å². The zero-order valence-electron chi connectivity index (χ0n) is 16.3. The highest BCUT2D eigenvalue weighted by Crippen LogP contribution is 2.37. The van der Waals surface area contributed by atoms with Gasteiger partial charge in [-0.15, -0.1) is 11.8 Å². The molecule has 1 aromatic carbocycles. The molecule has 2 aliphatic carbocycles. The first-order valence-electron chi connectivity index (χ1n) is 9.75. The maximum atomic E-state index is 12.0. The number of nitrogens with zero attached hydrogens (tertiary/aromatic N) is 2. The third-order valence-corrected chi connectivity index (χ3v) is 6.30. The van der Waals surface area contributed by atoms with E-state index in [0.29, 0.717) is 11.9 Å². The number of amides is 1. The van der Waals surface area contributed by atoms with Crippen molar-refractivity contribution in [2.75, 3.05) is 11.6 Å². The number of alkyl carbamates (subject to hydrolysis) is 1. The number of anilines is 2. The van der Waals surface area contributed by atoms with E-state index in [-0.39, 0.29) is 17.7 Å². The van der Waals surface area contributed by atoms with Crippen molar-refractivity contribution in [3.8, 4) is 0 Å². The molecule has 2 fully saturated rings. The highest BCUT2D eigenvalue weighted by atomic mass is 32.2. The number of carbonyl (C=O) groups excluding carboxylic acids is 1. The number of hydrogen-bond donors (Lipinski definition) is 2. The SMILES string of the molecule is CSc1ccc(Nc2ncc(C3CCC(OC(=O)NC4(C)CC4)C3)cn2)cc1. The molecule has 2 N–H and O–H groups in total. The van der Waals surface area contributed by atoms with E-state index in [0.717, 1.165) is 43.4 Å². The molecule has 7 heteroatoms. The molecule has 148 valence electrons. The van der Waals surface area contributed by atoms with Gasteiger partial charge >= 0.3 is 6.09 Å². The summed E-state index contributed by atoms with van der Waals surface area (Å²) in [6, 6.07) is 8.18. The lowest BCUT2D eigenvalue weighted by Crippen LogP contribution is -2.36. The maximum absolute atomic E-state index is 12.0. The molecule has 0 radical (unpaired) electrons. The molecule has 2 unspecified atom stereocenters. The summed E-state index contributed by atoms with van der Waals surface area (Å²) in [4.78, 5) is 22.1. The smallest absolute Gasteiger partial charge is 0.407 e. The highest BCUT2D eigenvalue weighted by Gasteiger charge is 2.40. The normalized spacial score (nSPS) is 22.5. The van der Waals surface area contributed by atoms with Gasteiger partial charge in [0, 0.05) is 28.5 Å². The molecule has 1 aromatic heterocycles. The molecule has 1 amide bonds. The second-order valence-electron chi connectivity index (χ2n) is 7.92. The van der Waals surface area contributed by atoms with Crippen molar-refractivity contribution in [3.05, 3.63) is 42.2 Å². The van der Waals surface area contributed by atoms with Gasteiger partial charge in [-0.3, -0.25) is 0 Å². The van der Waals surface area contributed by atoms with Gasteiger partial charge in [-0.05, 0) is 81.0 Å². The van der Waals surface area contributed by atoms with E-state index in [2.05, 4.69) is 45.9 Å². The molecule has 6 nitrogen and oxygen atoms in total. The van der Waals surface area contributed by atoms with Crippen LogP contribution in [0, 0.1) is 0 Å². The van der Waals surface area contributed by atoms with Gasteiger partial charge in [0.25, 0.3) is 0 Å². The summed E-state index contributed by atoms with van der Waals surface area (Å²) in [6.07, 6.45) is 10.3. The lowest BCUT2D eigenvalue weighted by molar-refractivity contribution is 0.0967. The van der Waals surface area contributed by atoms with Gasteiger partial charge in [0.15, 0.2) is 0 Å². The molecule has 4 rings (SSSR count). The minimum absolute atomic E-state index is 0.0277. The summed E-state index contributed by atoms with van der Waals surface area (Å²) in [7, 11) is 0. The molecule has 0 spiro atoms. The summed E-state index contributed by atoms with van der Waals surface area (Å²) in [6.45, 7) is 2.05. The van der Waals surface area contributed by atoms with Crippen LogP contribution in [-0.2, 0) is 4.74 Å². The first-order chi connectivity index (χ1) is 13.5. The first kappa shape index (κ1) is 19.1. The Balaban J connectivity index is 1.29. The van der Waals surface area contributed by atoms with E-state index in [9.17, 15) is 4.79 Å². The average Bonchev–Trinajstić information content (AvgIpc) is 3.23. The van der Waals surface area contributed by atoms with Crippen LogP contribution in [0.4, 0.5) is 16.4 Å². The summed E-state index contributed by atoms with van der Waals surface area (Å²) < 4.78 is 5.60. The number of benzene rings is 1. The number of carbonyl (C=O) groups is 1. The highest BCUT2D eigenvalue weighted by molar-refractivity contribution is 7.98. The Hall–Kier alpha value is -2.28.